The zero-order chi connectivity index (χ0) is 19.9. The van der Waals surface area contributed by atoms with E-state index in [1.54, 1.807) is 30.5 Å². The fraction of sp³-hybridized carbons (Fsp3) is 0.333. The first-order chi connectivity index (χ1) is 13.5. The van der Waals surface area contributed by atoms with E-state index in [-0.39, 0.29) is 5.91 Å². The Labute approximate surface area is 163 Å². The monoisotopic (exact) mass is 381 g/mol. The summed E-state index contributed by atoms with van der Waals surface area (Å²) in [7, 11) is 0. The van der Waals surface area contributed by atoms with E-state index in [1.807, 2.05) is 19.1 Å². The largest absolute Gasteiger partial charge is 0.454 e. The maximum atomic E-state index is 12.7. The van der Waals surface area contributed by atoms with Gasteiger partial charge in [-0.15, -0.1) is 0 Å². The van der Waals surface area contributed by atoms with Crippen molar-refractivity contribution in [2.24, 2.45) is 0 Å². The van der Waals surface area contributed by atoms with Gasteiger partial charge in [0, 0.05) is 24.6 Å². The van der Waals surface area contributed by atoms with Crippen molar-refractivity contribution in [1.82, 2.24) is 9.88 Å². The van der Waals surface area contributed by atoms with Gasteiger partial charge in [-0.2, -0.15) is 0 Å². The van der Waals surface area contributed by atoms with Gasteiger partial charge >= 0.3 is 5.97 Å². The van der Waals surface area contributed by atoms with E-state index < -0.39 is 24.5 Å². The van der Waals surface area contributed by atoms with Crippen molar-refractivity contribution in [3.8, 4) is 0 Å². The molecular weight excluding hydrogens is 358 g/mol. The molecule has 0 bridgehead atoms. The molecule has 1 fully saturated rings. The predicted octanol–water partition coefficient (Wildman–Crippen LogP) is 2.57. The third-order valence-corrected chi connectivity index (χ3v) is 4.63. The number of aryl methyl sites for hydroxylation is 1. The Kier molecular flexibility index (Phi) is 6.37. The van der Waals surface area contributed by atoms with Crippen LogP contribution in [0.5, 0.6) is 0 Å². The van der Waals surface area contributed by atoms with E-state index >= 15 is 0 Å². The molecule has 1 N–H and O–H groups in total. The summed E-state index contributed by atoms with van der Waals surface area (Å²) in [5, 5.41) is 2.68. The lowest BCUT2D eigenvalue weighted by Gasteiger charge is -2.34. The molecule has 0 saturated carbocycles. The third kappa shape index (κ3) is 4.94. The second-order valence-corrected chi connectivity index (χ2v) is 6.77. The fourth-order valence-corrected chi connectivity index (χ4v) is 3.14. The minimum Gasteiger partial charge on any atom is -0.454 e. The van der Waals surface area contributed by atoms with Gasteiger partial charge in [0.25, 0.3) is 11.8 Å². The molecular formula is C21H23N3O4. The second-order valence-electron chi connectivity index (χ2n) is 6.77. The van der Waals surface area contributed by atoms with Crippen molar-refractivity contribution in [3.63, 3.8) is 0 Å². The molecule has 1 aromatic carbocycles. The van der Waals surface area contributed by atoms with Gasteiger partial charge in [-0.3, -0.25) is 14.6 Å². The molecule has 0 radical (unpaired) electrons. The van der Waals surface area contributed by atoms with E-state index in [0.717, 1.165) is 18.4 Å². The van der Waals surface area contributed by atoms with Crippen molar-refractivity contribution in [1.29, 1.82) is 0 Å². The molecule has 2 amide bonds. The number of esters is 1. The van der Waals surface area contributed by atoms with Crippen LogP contribution in [0.4, 0.5) is 5.69 Å². The highest BCUT2D eigenvalue weighted by atomic mass is 16.5. The maximum absolute atomic E-state index is 12.7. The number of likely N-dealkylation sites (tertiary alicyclic amines) is 1. The lowest BCUT2D eigenvalue weighted by Crippen LogP contribution is -2.49. The van der Waals surface area contributed by atoms with Crippen LogP contribution in [0.1, 0.15) is 35.2 Å². The number of nitrogens with zero attached hydrogens (tertiary/aromatic N) is 2. The highest BCUT2D eigenvalue weighted by Crippen LogP contribution is 2.20. The van der Waals surface area contributed by atoms with E-state index in [9.17, 15) is 14.4 Å². The summed E-state index contributed by atoms with van der Waals surface area (Å²) in [5.74, 6) is -1.23. The first-order valence-corrected chi connectivity index (χ1v) is 9.29. The Bertz CT molecular complexity index is 836. The number of hydrogen-bond acceptors (Lipinski definition) is 5. The maximum Gasteiger partial charge on any atom is 0.329 e. The van der Waals surface area contributed by atoms with Crippen molar-refractivity contribution in [2.75, 3.05) is 18.5 Å². The van der Waals surface area contributed by atoms with Gasteiger partial charge in [-0.1, -0.05) is 17.7 Å². The molecule has 1 atom stereocenters. The van der Waals surface area contributed by atoms with Crippen LogP contribution < -0.4 is 5.32 Å². The number of hydrogen-bond donors (Lipinski definition) is 1. The first kappa shape index (κ1) is 19.5. The molecule has 28 heavy (non-hydrogen) atoms. The molecule has 0 aliphatic carbocycles. The number of rotatable bonds is 5. The molecule has 0 unspecified atom stereocenters. The fourth-order valence-electron chi connectivity index (χ4n) is 3.14. The number of benzene rings is 1. The molecule has 7 nitrogen and oxygen atoms in total. The van der Waals surface area contributed by atoms with Gasteiger partial charge in [0.1, 0.15) is 6.04 Å². The number of aromatic nitrogens is 1. The first-order valence-electron chi connectivity index (χ1n) is 9.29. The molecule has 0 spiro atoms. The van der Waals surface area contributed by atoms with E-state index in [1.165, 1.54) is 11.1 Å². The highest BCUT2D eigenvalue weighted by molar-refractivity contribution is 5.97. The number of nitrogens with one attached hydrogen (secondary N) is 1. The molecule has 1 aliphatic heterocycles. The van der Waals surface area contributed by atoms with Crippen molar-refractivity contribution in [3.05, 3.63) is 59.9 Å². The second kappa shape index (κ2) is 9.12. The Morgan fingerprint density at radius 1 is 1.18 bits per heavy atom. The molecule has 146 valence electrons. The SMILES string of the molecule is Cc1ccc(NC(=O)COC(=O)[C@H]2CCCCN2C(=O)c2cccnc2)cc1. The van der Waals surface area contributed by atoms with E-state index in [4.69, 9.17) is 4.74 Å². The molecule has 3 rings (SSSR count). The zero-order valence-corrected chi connectivity index (χ0v) is 15.8. The number of carbonyl (C=O) groups is 3. The average Bonchev–Trinajstić information content (AvgIpc) is 2.74. The van der Waals surface area contributed by atoms with Gasteiger partial charge in [-0.25, -0.2) is 4.79 Å². The number of ether oxygens (including phenoxy) is 1. The predicted molar refractivity (Wildman–Crippen MR) is 104 cm³/mol. The number of amides is 2. The average molecular weight is 381 g/mol. The van der Waals surface area contributed by atoms with Gasteiger partial charge < -0.3 is 15.0 Å². The van der Waals surface area contributed by atoms with Gasteiger partial charge in [0.15, 0.2) is 6.61 Å². The topological polar surface area (TPSA) is 88.6 Å². The molecule has 2 aromatic rings. The Morgan fingerprint density at radius 3 is 2.68 bits per heavy atom. The Balaban J connectivity index is 1.57. The van der Waals surface area contributed by atoms with Crippen molar-refractivity contribution >= 4 is 23.5 Å². The molecule has 7 heteroatoms. The third-order valence-electron chi connectivity index (χ3n) is 4.63. The zero-order valence-electron chi connectivity index (χ0n) is 15.8. The summed E-state index contributed by atoms with van der Waals surface area (Å²) in [4.78, 5) is 42.8. The van der Waals surface area contributed by atoms with E-state index in [0.29, 0.717) is 24.2 Å². The van der Waals surface area contributed by atoms with Crippen LogP contribution in [0.15, 0.2) is 48.8 Å². The van der Waals surface area contributed by atoms with Crippen LogP contribution in [0, 0.1) is 6.92 Å². The summed E-state index contributed by atoms with van der Waals surface area (Å²) < 4.78 is 5.20. The number of pyridine rings is 1. The van der Waals surface area contributed by atoms with Crippen LogP contribution in [0.3, 0.4) is 0 Å². The van der Waals surface area contributed by atoms with Crippen molar-refractivity contribution < 1.29 is 19.1 Å². The highest BCUT2D eigenvalue weighted by Gasteiger charge is 2.34. The number of anilines is 1. The molecule has 2 heterocycles. The summed E-state index contributed by atoms with van der Waals surface area (Å²) in [6.07, 6.45) is 5.24. The minimum absolute atomic E-state index is 0.251. The van der Waals surface area contributed by atoms with Crippen molar-refractivity contribution in [2.45, 2.75) is 32.2 Å². The number of carbonyl (C=O) groups excluding carboxylic acids is 3. The summed E-state index contributed by atoms with van der Waals surface area (Å²) >= 11 is 0. The van der Waals surface area contributed by atoms with Crippen LogP contribution in [0.25, 0.3) is 0 Å². The minimum atomic E-state index is -0.686. The van der Waals surface area contributed by atoms with Crippen LogP contribution in [0.2, 0.25) is 0 Å². The smallest absolute Gasteiger partial charge is 0.329 e. The van der Waals surface area contributed by atoms with Crippen LogP contribution in [-0.2, 0) is 14.3 Å². The summed E-state index contributed by atoms with van der Waals surface area (Å²) in [6, 6.07) is 9.99. The standard InChI is InChI=1S/C21H23N3O4/c1-15-7-9-17(10-8-15)23-19(25)14-28-21(27)18-6-2-3-12-24(18)20(26)16-5-4-11-22-13-16/h4-5,7-11,13,18H,2-3,6,12,14H2,1H3,(H,23,25)/t18-/m1/s1. The normalized spacial score (nSPS) is 16.3. The molecule has 1 aromatic heterocycles. The summed E-state index contributed by atoms with van der Waals surface area (Å²) in [5.41, 5.74) is 2.15. The molecule has 1 aliphatic rings. The van der Waals surface area contributed by atoms with E-state index in [2.05, 4.69) is 10.3 Å². The lowest BCUT2D eigenvalue weighted by molar-refractivity contribution is -0.153. The van der Waals surface area contributed by atoms with Crippen LogP contribution in [-0.4, -0.2) is 46.9 Å². The number of piperidine rings is 1. The Hall–Kier alpha value is -3.22. The quantitative estimate of drug-likeness (QED) is 0.804. The summed E-state index contributed by atoms with van der Waals surface area (Å²) in [6.45, 7) is 2.04. The Morgan fingerprint density at radius 2 is 1.96 bits per heavy atom. The van der Waals surface area contributed by atoms with Gasteiger partial charge in [0.2, 0.25) is 0 Å². The van der Waals surface area contributed by atoms with Crippen LogP contribution >= 0.6 is 0 Å². The van der Waals surface area contributed by atoms with Gasteiger partial charge in [-0.05, 0) is 50.5 Å². The molecule has 1 saturated heterocycles. The lowest BCUT2D eigenvalue weighted by atomic mass is 10.0. The van der Waals surface area contributed by atoms with Gasteiger partial charge in [0.05, 0.1) is 5.56 Å².